The van der Waals surface area contributed by atoms with Gasteiger partial charge in [0.05, 0.1) is 4.47 Å². The number of hydrogen-bond acceptors (Lipinski definition) is 2. The van der Waals surface area contributed by atoms with E-state index in [4.69, 9.17) is 0 Å². The summed E-state index contributed by atoms with van der Waals surface area (Å²) in [6.45, 7) is 1.95. The van der Waals surface area contributed by atoms with Crippen molar-refractivity contribution in [1.29, 1.82) is 0 Å². The fraction of sp³-hybridized carbons (Fsp3) is 0.167. The molecule has 0 saturated heterocycles. The first kappa shape index (κ1) is 13.2. The minimum atomic E-state index is -0.928. The quantitative estimate of drug-likeness (QED) is 0.794. The Hall–Kier alpha value is -0.230. The molecule has 0 aliphatic carbocycles. The maximum Gasteiger partial charge on any atom is 0.143 e. The van der Waals surface area contributed by atoms with Crippen LogP contribution in [-0.2, 0) is 0 Å². The molecule has 2 rings (SSSR count). The summed E-state index contributed by atoms with van der Waals surface area (Å²) in [7, 11) is 0. The van der Waals surface area contributed by atoms with Crippen molar-refractivity contribution < 1.29 is 9.50 Å². The number of aliphatic hydroxyl groups excluding tert-OH is 1. The van der Waals surface area contributed by atoms with Gasteiger partial charge in [-0.25, -0.2) is 4.39 Å². The summed E-state index contributed by atoms with van der Waals surface area (Å²) in [5, 5.41) is 10.2. The molecule has 2 aromatic rings. The summed E-state index contributed by atoms with van der Waals surface area (Å²) in [6.07, 6.45) is -0.928. The zero-order valence-electron chi connectivity index (χ0n) is 8.88. The van der Waals surface area contributed by atoms with Crippen LogP contribution in [0.25, 0.3) is 0 Å². The maximum absolute atomic E-state index is 13.8. The molecule has 1 aromatic heterocycles. The molecular formula is C12H9Br2FOS. The average molecular weight is 380 g/mol. The molecule has 17 heavy (non-hydrogen) atoms. The SMILES string of the molecule is Cc1sc(C(O)c2cccc(Br)c2F)cc1Br. The van der Waals surface area contributed by atoms with Crippen molar-refractivity contribution in [2.75, 3.05) is 0 Å². The van der Waals surface area contributed by atoms with Gasteiger partial charge < -0.3 is 5.11 Å². The molecule has 5 heteroatoms. The molecule has 0 aliphatic rings. The van der Waals surface area contributed by atoms with Gasteiger partial charge >= 0.3 is 0 Å². The monoisotopic (exact) mass is 378 g/mol. The average Bonchev–Trinajstić information content (AvgIpc) is 2.62. The molecule has 1 nitrogen and oxygen atoms in total. The van der Waals surface area contributed by atoms with Gasteiger partial charge in [-0.15, -0.1) is 11.3 Å². The van der Waals surface area contributed by atoms with Gasteiger partial charge in [-0.1, -0.05) is 12.1 Å². The molecule has 1 atom stereocenters. The van der Waals surface area contributed by atoms with E-state index in [0.717, 1.165) is 14.2 Å². The first-order valence-electron chi connectivity index (χ1n) is 4.88. The van der Waals surface area contributed by atoms with Crippen LogP contribution >= 0.6 is 43.2 Å². The lowest BCUT2D eigenvalue weighted by Crippen LogP contribution is -2.00. The highest BCUT2D eigenvalue weighted by molar-refractivity contribution is 9.10. The molecule has 1 heterocycles. The van der Waals surface area contributed by atoms with Gasteiger partial charge in [0.1, 0.15) is 11.9 Å². The van der Waals surface area contributed by atoms with Crippen LogP contribution in [0, 0.1) is 12.7 Å². The molecule has 0 bridgehead atoms. The second-order valence-electron chi connectivity index (χ2n) is 3.60. The number of rotatable bonds is 2. The summed E-state index contributed by atoms with van der Waals surface area (Å²) in [5.74, 6) is -0.415. The third kappa shape index (κ3) is 2.62. The molecule has 0 radical (unpaired) electrons. The van der Waals surface area contributed by atoms with Gasteiger partial charge in [-0.2, -0.15) is 0 Å². The van der Waals surface area contributed by atoms with E-state index in [0.29, 0.717) is 4.47 Å². The number of halogens is 3. The Morgan fingerprint density at radius 1 is 1.29 bits per heavy atom. The van der Waals surface area contributed by atoms with Crippen molar-refractivity contribution in [3.05, 3.63) is 54.3 Å². The van der Waals surface area contributed by atoms with E-state index in [1.807, 2.05) is 13.0 Å². The van der Waals surface area contributed by atoms with E-state index in [-0.39, 0.29) is 5.56 Å². The Balaban J connectivity index is 2.43. The Labute approximate surface area is 120 Å². The maximum atomic E-state index is 13.8. The first-order chi connectivity index (χ1) is 8.00. The van der Waals surface area contributed by atoms with Gasteiger partial charge in [0.15, 0.2) is 0 Å². The fourth-order valence-corrected chi connectivity index (χ4v) is 3.45. The van der Waals surface area contributed by atoms with E-state index < -0.39 is 11.9 Å². The Morgan fingerprint density at radius 2 is 2.00 bits per heavy atom. The largest absolute Gasteiger partial charge is 0.383 e. The van der Waals surface area contributed by atoms with Crippen LogP contribution in [0.3, 0.4) is 0 Å². The molecule has 0 aliphatic heterocycles. The van der Waals surface area contributed by atoms with E-state index >= 15 is 0 Å². The topological polar surface area (TPSA) is 20.2 Å². The predicted octanol–water partition coefficient (Wildman–Crippen LogP) is 4.80. The van der Waals surface area contributed by atoms with Crippen LogP contribution in [0.2, 0.25) is 0 Å². The lowest BCUT2D eigenvalue weighted by Gasteiger charge is -2.10. The number of aryl methyl sites for hydroxylation is 1. The normalized spacial score (nSPS) is 12.8. The first-order valence-corrected chi connectivity index (χ1v) is 7.28. The third-order valence-electron chi connectivity index (χ3n) is 2.42. The van der Waals surface area contributed by atoms with Crippen molar-refractivity contribution >= 4 is 43.2 Å². The Morgan fingerprint density at radius 3 is 2.59 bits per heavy atom. The predicted molar refractivity (Wildman–Crippen MR) is 74.9 cm³/mol. The number of thiophene rings is 1. The fourth-order valence-electron chi connectivity index (χ4n) is 1.50. The summed E-state index contributed by atoms with van der Waals surface area (Å²) < 4.78 is 15.1. The van der Waals surface area contributed by atoms with Crippen LogP contribution < -0.4 is 0 Å². The molecule has 0 spiro atoms. The molecule has 1 aromatic carbocycles. The Bertz CT molecular complexity index is 534. The van der Waals surface area contributed by atoms with Gasteiger partial charge in [-0.05, 0) is 50.9 Å². The molecule has 0 amide bonds. The van der Waals surface area contributed by atoms with Crippen molar-refractivity contribution in [3.63, 3.8) is 0 Å². The van der Waals surface area contributed by atoms with Crippen LogP contribution in [-0.4, -0.2) is 5.11 Å². The van der Waals surface area contributed by atoms with E-state index in [1.165, 1.54) is 11.3 Å². The molecule has 0 fully saturated rings. The van der Waals surface area contributed by atoms with E-state index in [9.17, 15) is 9.50 Å². The third-order valence-corrected chi connectivity index (χ3v) is 5.22. The molecule has 0 saturated carbocycles. The lowest BCUT2D eigenvalue weighted by molar-refractivity contribution is 0.218. The van der Waals surface area contributed by atoms with Crippen LogP contribution in [0.5, 0.6) is 0 Å². The van der Waals surface area contributed by atoms with Crippen LogP contribution in [0.15, 0.2) is 33.2 Å². The van der Waals surface area contributed by atoms with E-state index in [1.54, 1.807) is 18.2 Å². The van der Waals surface area contributed by atoms with Crippen LogP contribution in [0.1, 0.15) is 21.4 Å². The number of hydrogen-bond donors (Lipinski definition) is 1. The molecule has 1 N–H and O–H groups in total. The highest BCUT2D eigenvalue weighted by Gasteiger charge is 2.19. The summed E-state index contributed by atoms with van der Waals surface area (Å²) >= 11 is 7.95. The van der Waals surface area contributed by atoms with Crippen molar-refractivity contribution in [2.24, 2.45) is 0 Å². The minimum Gasteiger partial charge on any atom is -0.383 e. The Kier molecular flexibility index (Phi) is 4.02. The summed E-state index contributed by atoms with van der Waals surface area (Å²) in [6, 6.07) is 6.74. The number of aliphatic hydroxyl groups is 1. The highest BCUT2D eigenvalue weighted by atomic mass is 79.9. The molecule has 90 valence electrons. The lowest BCUT2D eigenvalue weighted by atomic mass is 10.1. The second kappa shape index (κ2) is 5.18. The van der Waals surface area contributed by atoms with Crippen molar-refractivity contribution in [3.8, 4) is 0 Å². The van der Waals surface area contributed by atoms with Gasteiger partial charge in [0.2, 0.25) is 0 Å². The van der Waals surface area contributed by atoms with Crippen LogP contribution in [0.4, 0.5) is 4.39 Å². The standard InChI is InChI=1S/C12H9Br2FOS/c1-6-9(14)5-10(17-6)12(16)7-3-2-4-8(13)11(7)15/h2-5,12,16H,1H3. The van der Waals surface area contributed by atoms with Gasteiger partial charge in [0.25, 0.3) is 0 Å². The summed E-state index contributed by atoms with van der Waals surface area (Å²) in [5.41, 5.74) is 0.285. The summed E-state index contributed by atoms with van der Waals surface area (Å²) in [4.78, 5) is 1.79. The minimum absolute atomic E-state index is 0.285. The van der Waals surface area contributed by atoms with Gasteiger partial charge in [0, 0.05) is 19.8 Å². The van der Waals surface area contributed by atoms with Crippen molar-refractivity contribution in [2.45, 2.75) is 13.0 Å². The zero-order chi connectivity index (χ0) is 12.6. The highest BCUT2D eigenvalue weighted by Crippen LogP contribution is 2.35. The number of benzene rings is 1. The molecule has 1 unspecified atom stereocenters. The van der Waals surface area contributed by atoms with E-state index in [2.05, 4.69) is 31.9 Å². The molecular weight excluding hydrogens is 371 g/mol. The van der Waals surface area contributed by atoms with Crippen molar-refractivity contribution in [1.82, 2.24) is 0 Å². The smallest absolute Gasteiger partial charge is 0.143 e. The second-order valence-corrected chi connectivity index (χ2v) is 6.60. The van der Waals surface area contributed by atoms with Gasteiger partial charge in [-0.3, -0.25) is 0 Å². The zero-order valence-corrected chi connectivity index (χ0v) is 12.9.